The summed E-state index contributed by atoms with van der Waals surface area (Å²) in [5, 5.41) is 8.99. The second kappa shape index (κ2) is 9.47. The number of hydrogen-bond acceptors (Lipinski definition) is 6. The monoisotopic (exact) mass is 413 g/mol. The molecule has 8 heteroatoms. The highest BCUT2D eigenvalue weighted by molar-refractivity contribution is 7.09. The van der Waals surface area contributed by atoms with Crippen LogP contribution in [0.15, 0.2) is 41.9 Å². The van der Waals surface area contributed by atoms with Crippen molar-refractivity contribution >= 4 is 23.2 Å². The number of nitrogens with zero attached hydrogens (tertiary/aromatic N) is 3. The standard InChI is InChI=1S/C21H27N5O2S/c27-18(23-17-6-7-17)14-25-9-11-26(12-10-25)15-19(28)24-20(21-22-8-13-29-21)16-4-2-1-3-5-16/h1-5,8,13,17,20H,6-7,9-12,14-15H2,(H,23,27)(H,24,28). The van der Waals surface area contributed by atoms with Crippen LogP contribution in [0.5, 0.6) is 0 Å². The highest BCUT2D eigenvalue weighted by Crippen LogP contribution is 2.23. The number of benzene rings is 1. The maximum atomic E-state index is 12.7. The number of thiazole rings is 1. The van der Waals surface area contributed by atoms with Crippen molar-refractivity contribution in [3.63, 3.8) is 0 Å². The van der Waals surface area contributed by atoms with E-state index in [1.54, 1.807) is 17.5 Å². The molecule has 154 valence electrons. The van der Waals surface area contributed by atoms with E-state index >= 15 is 0 Å². The predicted octanol–water partition coefficient (Wildman–Crippen LogP) is 1.24. The van der Waals surface area contributed by atoms with Crippen LogP contribution in [0.1, 0.15) is 29.5 Å². The van der Waals surface area contributed by atoms with Gasteiger partial charge in [0.25, 0.3) is 0 Å². The van der Waals surface area contributed by atoms with E-state index in [9.17, 15) is 9.59 Å². The van der Waals surface area contributed by atoms with E-state index in [0.717, 1.165) is 49.6 Å². The molecule has 1 unspecified atom stereocenters. The minimum Gasteiger partial charge on any atom is -0.352 e. The highest BCUT2D eigenvalue weighted by atomic mass is 32.1. The summed E-state index contributed by atoms with van der Waals surface area (Å²) in [7, 11) is 0. The fourth-order valence-corrected chi connectivity index (χ4v) is 4.24. The third-order valence-corrected chi connectivity index (χ3v) is 6.12. The number of nitrogens with one attached hydrogen (secondary N) is 2. The van der Waals surface area contributed by atoms with E-state index in [1.807, 2.05) is 35.7 Å². The lowest BCUT2D eigenvalue weighted by Crippen LogP contribution is -2.51. The Bertz CT molecular complexity index is 802. The van der Waals surface area contributed by atoms with Gasteiger partial charge in [-0.1, -0.05) is 30.3 Å². The number of rotatable bonds is 8. The first kappa shape index (κ1) is 20.0. The van der Waals surface area contributed by atoms with Gasteiger partial charge in [0.05, 0.1) is 13.1 Å². The zero-order valence-electron chi connectivity index (χ0n) is 16.4. The molecule has 1 saturated carbocycles. The molecule has 2 aliphatic rings. The number of amides is 2. The third kappa shape index (κ3) is 5.85. The van der Waals surface area contributed by atoms with Crippen LogP contribution in [0, 0.1) is 0 Å². The molecule has 1 aliphatic carbocycles. The number of piperazine rings is 1. The second-order valence-electron chi connectivity index (χ2n) is 7.68. The van der Waals surface area contributed by atoms with Crippen molar-refractivity contribution in [1.29, 1.82) is 0 Å². The van der Waals surface area contributed by atoms with Gasteiger partial charge in [-0.3, -0.25) is 19.4 Å². The van der Waals surface area contributed by atoms with Crippen molar-refractivity contribution in [3.05, 3.63) is 52.5 Å². The van der Waals surface area contributed by atoms with Crippen LogP contribution in [-0.4, -0.2) is 71.9 Å². The summed E-state index contributed by atoms with van der Waals surface area (Å²) in [5.74, 6) is 0.113. The summed E-state index contributed by atoms with van der Waals surface area (Å²) < 4.78 is 0. The number of carbonyl (C=O) groups excluding carboxylic acids is 2. The molecule has 2 N–H and O–H groups in total. The summed E-state index contributed by atoms with van der Waals surface area (Å²) in [5.41, 5.74) is 1.03. The summed E-state index contributed by atoms with van der Waals surface area (Å²) in [6.45, 7) is 4.00. The van der Waals surface area contributed by atoms with Gasteiger partial charge in [0.2, 0.25) is 11.8 Å². The molecular formula is C21H27N5O2S. The van der Waals surface area contributed by atoms with Crippen LogP contribution in [0.4, 0.5) is 0 Å². The average molecular weight is 414 g/mol. The zero-order valence-corrected chi connectivity index (χ0v) is 17.2. The summed E-state index contributed by atoms with van der Waals surface area (Å²) in [6, 6.07) is 10.1. The molecule has 0 radical (unpaired) electrons. The van der Waals surface area contributed by atoms with Gasteiger partial charge in [-0.2, -0.15) is 0 Å². The van der Waals surface area contributed by atoms with Crippen molar-refractivity contribution in [2.24, 2.45) is 0 Å². The lowest BCUT2D eigenvalue weighted by atomic mass is 10.1. The molecule has 2 fully saturated rings. The first-order chi connectivity index (χ1) is 14.2. The third-order valence-electron chi connectivity index (χ3n) is 5.28. The molecule has 1 atom stereocenters. The molecule has 4 rings (SSSR count). The van der Waals surface area contributed by atoms with E-state index in [0.29, 0.717) is 19.1 Å². The molecule has 1 aromatic heterocycles. The number of hydrogen-bond donors (Lipinski definition) is 2. The molecule has 2 heterocycles. The lowest BCUT2D eigenvalue weighted by Gasteiger charge is -2.34. The molecule has 2 aromatic rings. The van der Waals surface area contributed by atoms with E-state index in [4.69, 9.17) is 0 Å². The molecule has 29 heavy (non-hydrogen) atoms. The number of carbonyl (C=O) groups is 2. The first-order valence-corrected chi connectivity index (χ1v) is 11.0. The van der Waals surface area contributed by atoms with Crippen molar-refractivity contribution in [2.75, 3.05) is 39.3 Å². The first-order valence-electron chi connectivity index (χ1n) is 10.1. The average Bonchev–Trinajstić information content (AvgIpc) is 3.37. The quantitative estimate of drug-likeness (QED) is 0.681. The van der Waals surface area contributed by atoms with Gasteiger partial charge in [-0.25, -0.2) is 4.98 Å². The molecule has 7 nitrogen and oxygen atoms in total. The van der Waals surface area contributed by atoms with Crippen LogP contribution in [-0.2, 0) is 9.59 Å². The van der Waals surface area contributed by atoms with Crippen molar-refractivity contribution in [3.8, 4) is 0 Å². The van der Waals surface area contributed by atoms with Crippen LogP contribution in [0.3, 0.4) is 0 Å². The molecule has 1 aliphatic heterocycles. The zero-order chi connectivity index (χ0) is 20.1. The van der Waals surface area contributed by atoms with Gasteiger partial charge in [-0.05, 0) is 18.4 Å². The Balaban J connectivity index is 1.26. The fourth-order valence-electron chi connectivity index (χ4n) is 3.53. The minimum absolute atomic E-state index is 0.00557. The van der Waals surface area contributed by atoms with Gasteiger partial charge in [0.15, 0.2) is 0 Å². The Morgan fingerprint density at radius 1 is 1.03 bits per heavy atom. The van der Waals surface area contributed by atoms with E-state index in [2.05, 4.69) is 25.4 Å². The maximum Gasteiger partial charge on any atom is 0.235 e. The summed E-state index contributed by atoms with van der Waals surface area (Å²) >= 11 is 1.54. The summed E-state index contributed by atoms with van der Waals surface area (Å²) in [6.07, 6.45) is 3.99. The SMILES string of the molecule is O=C(CN1CCN(CC(=O)NC(c2ccccc2)c2nccs2)CC1)NC1CC1. The van der Waals surface area contributed by atoms with Gasteiger partial charge >= 0.3 is 0 Å². The molecule has 2 amide bonds. The smallest absolute Gasteiger partial charge is 0.235 e. The van der Waals surface area contributed by atoms with Gasteiger partial charge in [0.1, 0.15) is 11.0 Å². The van der Waals surface area contributed by atoms with Crippen molar-refractivity contribution in [2.45, 2.75) is 24.9 Å². The van der Waals surface area contributed by atoms with Crippen LogP contribution >= 0.6 is 11.3 Å². The Hall–Kier alpha value is -2.29. The largest absolute Gasteiger partial charge is 0.352 e. The van der Waals surface area contributed by atoms with Crippen LogP contribution < -0.4 is 10.6 Å². The maximum absolute atomic E-state index is 12.7. The normalized spacial score (nSPS) is 18.9. The minimum atomic E-state index is -0.226. The Kier molecular flexibility index (Phi) is 6.53. The Morgan fingerprint density at radius 3 is 2.28 bits per heavy atom. The van der Waals surface area contributed by atoms with Crippen LogP contribution in [0.25, 0.3) is 0 Å². The lowest BCUT2D eigenvalue weighted by molar-refractivity contribution is -0.125. The Labute approximate surface area is 175 Å². The van der Waals surface area contributed by atoms with Crippen molar-refractivity contribution < 1.29 is 9.59 Å². The molecule has 1 saturated heterocycles. The predicted molar refractivity (Wildman–Crippen MR) is 113 cm³/mol. The molecule has 0 bridgehead atoms. The number of aromatic nitrogens is 1. The van der Waals surface area contributed by atoms with Gasteiger partial charge in [-0.15, -0.1) is 11.3 Å². The Morgan fingerprint density at radius 2 is 1.69 bits per heavy atom. The van der Waals surface area contributed by atoms with Crippen molar-refractivity contribution in [1.82, 2.24) is 25.4 Å². The fraction of sp³-hybridized carbons (Fsp3) is 0.476. The molecule has 0 spiro atoms. The van der Waals surface area contributed by atoms with Gasteiger partial charge < -0.3 is 10.6 Å². The van der Waals surface area contributed by atoms with E-state index in [-0.39, 0.29) is 17.9 Å². The van der Waals surface area contributed by atoms with E-state index < -0.39 is 0 Å². The second-order valence-corrected chi connectivity index (χ2v) is 8.60. The van der Waals surface area contributed by atoms with E-state index in [1.165, 1.54) is 0 Å². The summed E-state index contributed by atoms with van der Waals surface area (Å²) in [4.78, 5) is 33.4. The molecule has 1 aromatic carbocycles. The van der Waals surface area contributed by atoms with Gasteiger partial charge in [0, 0.05) is 43.8 Å². The van der Waals surface area contributed by atoms with Crippen LogP contribution in [0.2, 0.25) is 0 Å². The topological polar surface area (TPSA) is 77.6 Å². The molecular weight excluding hydrogens is 386 g/mol. The highest BCUT2D eigenvalue weighted by Gasteiger charge is 2.26.